The van der Waals surface area contributed by atoms with Crippen LogP contribution in [0.15, 0.2) is 29.2 Å². The van der Waals surface area contributed by atoms with E-state index in [4.69, 9.17) is 4.84 Å². The predicted octanol–water partition coefficient (Wildman–Crippen LogP) is 2.81. The molecule has 1 aromatic carbocycles. The van der Waals surface area contributed by atoms with Crippen LogP contribution in [-0.4, -0.2) is 39.0 Å². The first-order valence-corrected chi connectivity index (χ1v) is 9.56. The van der Waals surface area contributed by atoms with Gasteiger partial charge in [-0.1, -0.05) is 31.2 Å². The molecule has 0 radical (unpaired) electrons. The molecule has 0 saturated carbocycles. The molecule has 0 fully saturated rings. The fraction of sp³-hybridized carbons (Fsp3) is 0.588. The summed E-state index contributed by atoms with van der Waals surface area (Å²) in [7, 11) is -1.10. The van der Waals surface area contributed by atoms with Crippen molar-refractivity contribution in [3.8, 4) is 0 Å². The van der Waals surface area contributed by atoms with Gasteiger partial charge in [0.15, 0.2) is 0 Å². The van der Waals surface area contributed by atoms with E-state index in [-0.39, 0.29) is 16.8 Å². The molecule has 0 bridgehead atoms. The van der Waals surface area contributed by atoms with Crippen LogP contribution < -0.4 is 5.32 Å². The summed E-state index contributed by atoms with van der Waals surface area (Å²) >= 11 is 0. The van der Waals surface area contributed by atoms with E-state index in [9.17, 15) is 13.2 Å². The van der Waals surface area contributed by atoms with Crippen LogP contribution in [0.3, 0.4) is 0 Å². The first-order valence-electron chi connectivity index (χ1n) is 8.12. The maximum atomic E-state index is 12.2. The highest BCUT2D eigenvalue weighted by molar-refractivity contribution is 7.89. The van der Waals surface area contributed by atoms with Gasteiger partial charge in [0.05, 0.1) is 12.0 Å². The minimum absolute atomic E-state index is 0.0772. The summed E-state index contributed by atoms with van der Waals surface area (Å²) in [6, 6.07) is 5.91. The van der Waals surface area contributed by atoms with Gasteiger partial charge in [0.25, 0.3) is 15.9 Å². The first kappa shape index (κ1) is 20.6. The van der Waals surface area contributed by atoms with E-state index in [2.05, 4.69) is 19.2 Å². The summed E-state index contributed by atoms with van der Waals surface area (Å²) in [5.74, 6) is 0.462. The van der Waals surface area contributed by atoms with Crippen molar-refractivity contribution in [2.45, 2.75) is 51.0 Å². The average molecular weight is 356 g/mol. The monoisotopic (exact) mass is 356 g/mol. The second-order valence-corrected chi connectivity index (χ2v) is 8.26. The number of sulfonamides is 1. The molecule has 0 heterocycles. The smallest absolute Gasteiger partial charge is 0.264 e. The third-order valence-corrected chi connectivity index (χ3v) is 5.50. The molecule has 6 nitrogen and oxygen atoms in total. The van der Waals surface area contributed by atoms with Crippen molar-refractivity contribution in [1.29, 1.82) is 0 Å². The summed E-state index contributed by atoms with van der Waals surface area (Å²) in [6.45, 7) is 6.34. The number of amides is 1. The lowest BCUT2D eigenvalue weighted by molar-refractivity contribution is -0.0258. The lowest BCUT2D eigenvalue weighted by Crippen LogP contribution is -2.32. The Bertz CT molecular complexity index is 626. The minimum atomic E-state index is -3.70. The molecule has 0 spiro atoms. The Hall–Kier alpha value is -1.44. The topological polar surface area (TPSA) is 75.7 Å². The molecule has 1 aromatic rings. The molecule has 1 N–H and O–H groups in total. The van der Waals surface area contributed by atoms with E-state index in [1.807, 2.05) is 6.92 Å². The summed E-state index contributed by atoms with van der Waals surface area (Å²) in [5.41, 5.74) is 0.435. The first-order chi connectivity index (χ1) is 11.2. The van der Waals surface area contributed by atoms with Crippen molar-refractivity contribution >= 4 is 15.9 Å². The van der Waals surface area contributed by atoms with E-state index in [0.717, 1.165) is 23.7 Å². The fourth-order valence-electron chi connectivity index (χ4n) is 2.24. The second-order valence-electron chi connectivity index (χ2n) is 6.32. The molecule has 1 rings (SSSR count). The Labute approximate surface area is 145 Å². The van der Waals surface area contributed by atoms with Gasteiger partial charge in [-0.3, -0.25) is 9.63 Å². The van der Waals surface area contributed by atoms with Gasteiger partial charge in [-0.15, -0.1) is 0 Å². The maximum Gasteiger partial charge on any atom is 0.264 e. The Balaban J connectivity index is 2.67. The maximum absolute atomic E-state index is 12.2. The van der Waals surface area contributed by atoms with E-state index >= 15 is 0 Å². The zero-order chi connectivity index (χ0) is 18.3. The van der Waals surface area contributed by atoms with Gasteiger partial charge < -0.3 is 5.32 Å². The Morgan fingerprint density at radius 3 is 2.25 bits per heavy atom. The molecule has 136 valence electrons. The molecular formula is C17H28N2O4S. The quantitative estimate of drug-likeness (QED) is 0.690. The van der Waals surface area contributed by atoms with E-state index in [0.29, 0.717) is 11.5 Å². The van der Waals surface area contributed by atoms with Crippen LogP contribution in [0.5, 0.6) is 0 Å². The summed E-state index contributed by atoms with van der Waals surface area (Å²) < 4.78 is 25.0. The van der Waals surface area contributed by atoms with Crippen LogP contribution in [0.2, 0.25) is 0 Å². The van der Waals surface area contributed by atoms with Crippen molar-refractivity contribution in [3.63, 3.8) is 0 Å². The van der Waals surface area contributed by atoms with E-state index in [1.165, 1.54) is 38.4 Å². The normalized spacial score (nSPS) is 13.3. The molecule has 7 heteroatoms. The van der Waals surface area contributed by atoms with Crippen LogP contribution in [-0.2, 0) is 14.9 Å². The number of hydroxylamine groups is 1. The minimum Gasteiger partial charge on any atom is -0.350 e. The van der Waals surface area contributed by atoms with Crippen LogP contribution in [0.25, 0.3) is 0 Å². The summed E-state index contributed by atoms with van der Waals surface area (Å²) in [6.07, 6.45) is 3.13. The Kier molecular flexibility index (Phi) is 7.86. The molecule has 0 aliphatic carbocycles. The van der Waals surface area contributed by atoms with Gasteiger partial charge in [0, 0.05) is 18.7 Å². The Morgan fingerprint density at radius 2 is 1.75 bits per heavy atom. The fourth-order valence-corrected chi connectivity index (χ4v) is 3.21. The molecule has 0 saturated heterocycles. The van der Waals surface area contributed by atoms with E-state index < -0.39 is 10.0 Å². The number of hydrogen-bond donors (Lipinski definition) is 1. The largest absolute Gasteiger partial charge is 0.350 e. The highest BCUT2D eigenvalue weighted by Crippen LogP contribution is 2.15. The van der Waals surface area contributed by atoms with Gasteiger partial charge in [-0.05, 0) is 43.5 Å². The SMILES string of the molecule is CON(C)S(=O)(=O)c1ccc(C(=O)N[C@@H](C)CCCC(C)C)cc1. The highest BCUT2D eigenvalue weighted by Gasteiger charge is 2.21. The third kappa shape index (κ3) is 5.89. The average Bonchev–Trinajstić information content (AvgIpc) is 2.53. The molecule has 0 aliphatic rings. The molecule has 1 amide bonds. The number of rotatable bonds is 9. The molecule has 1 atom stereocenters. The van der Waals surface area contributed by atoms with Crippen molar-refractivity contribution in [2.24, 2.45) is 5.92 Å². The van der Waals surface area contributed by atoms with Gasteiger partial charge in [0.2, 0.25) is 0 Å². The highest BCUT2D eigenvalue weighted by atomic mass is 32.2. The Morgan fingerprint density at radius 1 is 1.17 bits per heavy atom. The number of carbonyl (C=O) groups is 1. The van der Waals surface area contributed by atoms with Gasteiger partial charge in [-0.25, -0.2) is 8.42 Å². The molecule has 24 heavy (non-hydrogen) atoms. The third-order valence-electron chi connectivity index (χ3n) is 3.81. The van der Waals surface area contributed by atoms with Crippen LogP contribution >= 0.6 is 0 Å². The number of carbonyl (C=O) groups excluding carboxylic acids is 1. The van der Waals surface area contributed by atoms with Gasteiger partial charge in [0.1, 0.15) is 0 Å². The van der Waals surface area contributed by atoms with Crippen LogP contribution in [0.1, 0.15) is 50.4 Å². The van der Waals surface area contributed by atoms with Gasteiger partial charge >= 0.3 is 0 Å². The number of nitrogens with one attached hydrogen (secondary N) is 1. The zero-order valence-electron chi connectivity index (χ0n) is 15.1. The molecule has 0 unspecified atom stereocenters. The van der Waals surface area contributed by atoms with Crippen LogP contribution in [0, 0.1) is 5.92 Å². The lowest BCUT2D eigenvalue weighted by Gasteiger charge is -2.16. The molecular weight excluding hydrogens is 328 g/mol. The van der Waals surface area contributed by atoms with Crippen molar-refractivity contribution in [2.75, 3.05) is 14.2 Å². The van der Waals surface area contributed by atoms with Gasteiger partial charge in [-0.2, -0.15) is 0 Å². The molecule has 0 aromatic heterocycles. The lowest BCUT2D eigenvalue weighted by atomic mass is 10.0. The zero-order valence-corrected chi connectivity index (χ0v) is 15.9. The number of benzene rings is 1. The summed E-state index contributed by atoms with van der Waals surface area (Å²) in [5, 5.41) is 2.94. The van der Waals surface area contributed by atoms with Crippen molar-refractivity contribution in [1.82, 2.24) is 9.79 Å². The molecule has 0 aliphatic heterocycles. The summed E-state index contributed by atoms with van der Waals surface area (Å²) in [4.78, 5) is 17.0. The number of nitrogens with zero attached hydrogens (tertiary/aromatic N) is 1. The van der Waals surface area contributed by atoms with Crippen molar-refractivity contribution in [3.05, 3.63) is 29.8 Å². The van der Waals surface area contributed by atoms with Crippen LogP contribution in [0.4, 0.5) is 0 Å². The predicted molar refractivity (Wildman–Crippen MR) is 94.0 cm³/mol. The van der Waals surface area contributed by atoms with Crippen molar-refractivity contribution < 1.29 is 18.0 Å². The number of hydrogen-bond acceptors (Lipinski definition) is 4. The van der Waals surface area contributed by atoms with E-state index in [1.54, 1.807) is 0 Å². The standard InChI is InChI=1S/C17H28N2O4S/c1-13(2)7-6-8-14(3)18-17(20)15-9-11-16(12-10-15)24(21,22)19(4)23-5/h9-14H,6-8H2,1-5H3,(H,18,20)/t14-/m0/s1. The second kappa shape index (κ2) is 9.15.